The molecule has 0 aliphatic carbocycles. The van der Waals surface area contributed by atoms with Crippen LogP contribution < -0.4 is 10.1 Å². The van der Waals surface area contributed by atoms with Crippen LogP contribution in [0, 0.1) is 5.82 Å². The minimum Gasteiger partial charge on any atom is -0.410 e. The maximum absolute atomic E-state index is 12.6. The molecule has 6 heteroatoms. The largest absolute Gasteiger partial charge is 0.418 e. The quantitative estimate of drug-likeness (QED) is 0.922. The highest BCUT2D eigenvalue weighted by Gasteiger charge is 2.05. The summed E-state index contributed by atoms with van der Waals surface area (Å²) in [5, 5.41) is 2.45. The zero-order chi connectivity index (χ0) is 13.0. The van der Waals surface area contributed by atoms with Crippen molar-refractivity contribution in [1.29, 1.82) is 0 Å². The summed E-state index contributed by atoms with van der Waals surface area (Å²) in [7, 11) is 0. The van der Waals surface area contributed by atoms with Crippen molar-refractivity contribution < 1.29 is 13.9 Å². The second kappa shape index (κ2) is 5.59. The third-order valence-electron chi connectivity index (χ3n) is 1.98. The van der Waals surface area contributed by atoms with Crippen molar-refractivity contribution in [3.05, 3.63) is 52.9 Å². The van der Waals surface area contributed by atoms with Crippen molar-refractivity contribution >= 4 is 27.8 Å². The molecule has 0 unspecified atom stereocenters. The van der Waals surface area contributed by atoms with Gasteiger partial charge in [-0.2, -0.15) is 0 Å². The summed E-state index contributed by atoms with van der Waals surface area (Å²) >= 11 is 3.23. The summed E-state index contributed by atoms with van der Waals surface area (Å²) in [6.45, 7) is 0. The Morgan fingerprint density at radius 1 is 1.22 bits per heavy atom. The summed E-state index contributed by atoms with van der Waals surface area (Å²) in [6.07, 6.45) is 0.865. The highest BCUT2D eigenvalue weighted by Crippen LogP contribution is 2.13. The van der Waals surface area contributed by atoms with E-state index in [0.29, 0.717) is 5.82 Å². The molecule has 2 rings (SSSR count). The Morgan fingerprint density at radius 2 is 1.94 bits per heavy atom. The lowest BCUT2D eigenvalue weighted by Gasteiger charge is -2.05. The number of ether oxygens (including phenoxy) is 1. The van der Waals surface area contributed by atoms with Gasteiger partial charge in [-0.25, -0.2) is 14.2 Å². The minimum atomic E-state index is -0.684. The fourth-order valence-electron chi connectivity index (χ4n) is 1.19. The molecular formula is C12H8BrFN2O2. The molecule has 1 N–H and O–H groups in total. The molecule has 1 aromatic carbocycles. The highest BCUT2D eigenvalue weighted by molar-refractivity contribution is 9.10. The van der Waals surface area contributed by atoms with Crippen LogP contribution >= 0.6 is 15.9 Å². The van der Waals surface area contributed by atoms with Gasteiger partial charge in [0.05, 0.1) is 0 Å². The van der Waals surface area contributed by atoms with E-state index in [4.69, 9.17) is 4.74 Å². The van der Waals surface area contributed by atoms with E-state index in [1.54, 1.807) is 18.3 Å². The summed E-state index contributed by atoms with van der Waals surface area (Å²) in [4.78, 5) is 15.4. The van der Waals surface area contributed by atoms with E-state index in [2.05, 4.69) is 26.2 Å². The summed E-state index contributed by atoms with van der Waals surface area (Å²) in [5.74, 6) is 0.230. The molecule has 0 saturated heterocycles. The first-order valence-electron chi connectivity index (χ1n) is 4.99. The van der Waals surface area contributed by atoms with Gasteiger partial charge in [-0.1, -0.05) is 0 Å². The number of rotatable bonds is 2. The van der Waals surface area contributed by atoms with Crippen molar-refractivity contribution in [2.75, 3.05) is 5.32 Å². The average molecular weight is 311 g/mol. The molecule has 4 nitrogen and oxygen atoms in total. The van der Waals surface area contributed by atoms with E-state index in [1.807, 2.05) is 0 Å². The van der Waals surface area contributed by atoms with E-state index in [0.717, 1.165) is 4.47 Å². The van der Waals surface area contributed by atoms with Gasteiger partial charge in [0.2, 0.25) is 0 Å². The van der Waals surface area contributed by atoms with Crippen LogP contribution in [0.15, 0.2) is 47.1 Å². The Hall–Kier alpha value is -1.95. The van der Waals surface area contributed by atoms with Crippen LogP contribution in [0.1, 0.15) is 0 Å². The summed E-state index contributed by atoms with van der Waals surface area (Å²) in [5.41, 5.74) is 0. The summed E-state index contributed by atoms with van der Waals surface area (Å²) in [6, 6.07) is 8.51. The number of hydrogen-bond donors (Lipinski definition) is 1. The lowest BCUT2D eigenvalue weighted by atomic mass is 10.3. The van der Waals surface area contributed by atoms with Crippen LogP contribution in [0.3, 0.4) is 0 Å². The Bertz CT molecular complexity index is 494. The first kappa shape index (κ1) is 12.5. The molecule has 0 aliphatic heterocycles. The van der Waals surface area contributed by atoms with Crippen LogP contribution in [-0.4, -0.2) is 11.1 Å². The molecular weight excluding hydrogens is 303 g/mol. The van der Waals surface area contributed by atoms with Gasteiger partial charge in [0.25, 0.3) is 0 Å². The minimum absolute atomic E-state index is 0.256. The van der Waals surface area contributed by atoms with Crippen molar-refractivity contribution in [2.45, 2.75) is 0 Å². The number of pyridine rings is 1. The smallest absolute Gasteiger partial charge is 0.410 e. The number of nitrogens with one attached hydrogen (secondary N) is 1. The van der Waals surface area contributed by atoms with E-state index in [1.165, 1.54) is 24.3 Å². The normalized spacial score (nSPS) is 9.89. The van der Waals surface area contributed by atoms with Gasteiger partial charge < -0.3 is 4.74 Å². The highest BCUT2D eigenvalue weighted by atomic mass is 79.9. The molecule has 0 radical (unpaired) electrons. The third-order valence-corrected chi connectivity index (χ3v) is 2.45. The predicted molar refractivity (Wildman–Crippen MR) is 68.0 cm³/mol. The molecule has 0 atom stereocenters. The number of hydrogen-bond acceptors (Lipinski definition) is 3. The van der Waals surface area contributed by atoms with Crippen LogP contribution in [0.5, 0.6) is 5.75 Å². The number of nitrogens with zero attached hydrogens (tertiary/aromatic N) is 1. The molecule has 2 aromatic rings. The number of benzene rings is 1. The van der Waals surface area contributed by atoms with Crippen LogP contribution in [0.25, 0.3) is 0 Å². The third kappa shape index (κ3) is 3.53. The number of amides is 1. The maximum atomic E-state index is 12.6. The predicted octanol–water partition coefficient (Wildman–Crippen LogP) is 3.59. The van der Waals surface area contributed by atoms with Gasteiger partial charge in [-0.05, 0) is 52.3 Å². The molecule has 92 valence electrons. The van der Waals surface area contributed by atoms with Crippen LogP contribution in [0.4, 0.5) is 15.0 Å². The Labute approximate surface area is 111 Å². The van der Waals surface area contributed by atoms with Crippen LogP contribution in [0.2, 0.25) is 0 Å². The number of halogens is 2. The number of aromatic nitrogens is 1. The lowest BCUT2D eigenvalue weighted by molar-refractivity contribution is 0.215. The molecule has 1 heterocycles. The molecule has 0 saturated carbocycles. The first-order valence-corrected chi connectivity index (χ1v) is 5.79. The van der Waals surface area contributed by atoms with Crippen molar-refractivity contribution in [3.63, 3.8) is 0 Å². The molecule has 0 spiro atoms. The second-order valence-electron chi connectivity index (χ2n) is 3.33. The summed E-state index contributed by atoms with van der Waals surface area (Å²) < 4.78 is 18.4. The number of anilines is 1. The Balaban J connectivity index is 1.96. The average Bonchev–Trinajstić information content (AvgIpc) is 2.35. The fourth-order valence-corrected chi connectivity index (χ4v) is 1.42. The zero-order valence-electron chi connectivity index (χ0n) is 9.06. The van der Waals surface area contributed by atoms with Crippen molar-refractivity contribution in [3.8, 4) is 5.75 Å². The fraction of sp³-hybridized carbons (Fsp3) is 0. The molecule has 18 heavy (non-hydrogen) atoms. The topological polar surface area (TPSA) is 51.2 Å². The van der Waals surface area contributed by atoms with Crippen molar-refractivity contribution in [2.24, 2.45) is 0 Å². The van der Waals surface area contributed by atoms with E-state index in [9.17, 15) is 9.18 Å². The van der Waals surface area contributed by atoms with Gasteiger partial charge in [0, 0.05) is 10.7 Å². The SMILES string of the molecule is O=C(Nc1ccc(Br)cn1)Oc1ccc(F)cc1. The van der Waals surface area contributed by atoms with Crippen LogP contribution in [-0.2, 0) is 0 Å². The van der Waals surface area contributed by atoms with Gasteiger partial charge in [0.1, 0.15) is 17.4 Å². The number of carbonyl (C=O) groups is 1. The first-order chi connectivity index (χ1) is 8.63. The van der Waals surface area contributed by atoms with Gasteiger partial charge in [-0.15, -0.1) is 0 Å². The number of carbonyl (C=O) groups excluding carboxylic acids is 1. The second-order valence-corrected chi connectivity index (χ2v) is 4.25. The maximum Gasteiger partial charge on any atom is 0.418 e. The van der Waals surface area contributed by atoms with Gasteiger partial charge >= 0.3 is 6.09 Å². The standard InChI is InChI=1S/C12H8BrFN2O2/c13-8-1-6-11(15-7-8)16-12(17)18-10-4-2-9(14)3-5-10/h1-7H,(H,15,16,17). The zero-order valence-corrected chi connectivity index (χ0v) is 10.6. The molecule has 1 aromatic heterocycles. The van der Waals surface area contributed by atoms with E-state index < -0.39 is 11.9 Å². The molecule has 0 fully saturated rings. The molecule has 1 amide bonds. The van der Waals surface area contributed by atoms with Gasteiger partial charge in [0.15, 0.2) is 0 Å². The van der Waals surface area contributed by atoms with Gasteiger partial charge in [-0.3, -0.25) is 5.32 Å². The van der Waals surface area contributed by atoms with E-state index in [-0.39, 0.29) is 5.75 Å². The Morgan fingerprint density at radius 3 is 2.56 bits per heavy atom. The molecule has 0 aliphatic rings. The molecule has 0 bridgehead atoms. The van der Waals surface area contributed by atoms with Crippen molar-refractivity contribution in [1.82, 2.24) is 4.98 Å². The monoisotopic (exact) mass is 310 g/mol. The van der Waals surface area contributed by atoms with E-state index >= 15 is 0 Å². The Kier molecular flexibility index (Phi) is 3.88. The lowest BCUT2D eigenvalue weighted by Crippen LogP contribution is -2.17.